The van der Waals surface area contributed by atoms with Gasteiger partial charge in [0.15, 0.2) is 0 Å². The average Bonchev–Trinajstić information content (AvgIpc) is 2.77. The largest absolute Gasteiger partial charge is 0.494 e. The molecule has 1 N–H and O–H groups in total. The first kappa shape index (κ1) is 19.3. The summed E-state index contributed by atoms with van der Waals surface area (Å²) in [6, 6.07) is 7.41. The Morgan fingerprint density at radius 1 is 1.16 bits per heavy atom. The molecule has 1 unspecified atom stereocenters. The van der Waals surface area contributed by atoms with Gasteiger partial charge in [-0.1, -0.05) is 46.8 Å². The van der Waals surface area contributed by atoms with E-state index < -0.39 is 0 Å². The highest BCUT2D eigenvalue weighted by atomic mass is 16.5. The Hall–Kier alpha value is -2.04. The van der Waals surface area contributed by atoms with Crippen LogP contribution in [-0.4, -0.2) is 36.0 Å². The zero-order chi connectivity index (χ0) is 18.6. The van der Waals surface area contributed by atoms with E-state index in [-0.39, 0.29) is 23.4 Å². The monoisotopic (exact) mass is 346 g/mol. The van der Waals surface area contributed by atoms with Gasteiger partial charge in [0.05, 0.1) is 6.61 Å². The molecule has 3 amide bonds. The van der Waals surface area contributed by atoms with Gasteiger partial charge in [-0.3, -0.25) is 9.69 Å². The van der Waals surface area contributed by atoms with Gasteiger partial charge in [0.2, 0.25) is 0 Å². The van der Waals surface area contributed by atoms with Gasteiger partial charge >= 0.3 is 6.03 Å². The average molecular weight is 346 g/mol. The molecule has 1 aromatic rings. The van der Waals surface area contributed by atoms with Crippen LogP contribution < -0.4 is 10.1 Å². The van der Waals surface area contributed by atoms with Crippen LogP contribution in [0.3, 0.4) is 0 Å². The number of urea groups is 1. The van der Waals surface area contributed by atoms with Crippen molar-refractivity contribution >= 4 is 11.9 Å². The van der Waals surface area contributed by atoms with E-state index in [0.29, 0.717) is 31.9 Å². The second-order valence-corrected chi connectivity index (χ2v) is 8.10. The predicted molar refractivity (Wildman–Crippen MR) is 98.7 cm³/mol. The fourth-order valence-electron chi connectivity index (χ4n) is 2.88. The van der Waals surface area contributed by atoms with Crippen molar-refractivity contribution in [2.24, 2.45) is 5.92 Å². The quantitative estimate of drug-likeness (QED) is 0.605. The fourth-order valence-corrected chi connectivity index (χ4v) is 2.88. The molecule has 138 valence electrons. The summed E-state index contributed by atoms with van der Waals surface area (Å²) in [6.07, 6.45) is 1.30. The minimum Gasteiger partial charge on any atom is -0.494 e. The fraction of sp³-hybridized carbons (Fsp3) is 0.600. The Balaban J connectivity index is 1.77. The van der Waals surface area contributed by atoms with Crippen LogP contribution in [0.15, 0.2) is 24.3 Å². The lowest BCUT2D eigenvalue weighted by atomic mass is 9.87. The minimum atomic E-state index is -0.377. The third kappa shape index (κ3) is 5.21. The van der Waals surface area contributed by atoms with Crippen LogP contribution in [0.25, 0.3) is 0 Å². The number of carbonyl (C=O) groups excluding carboxylic acids is 2. The third-order valence-electron chi connectivity index (χ3n) is 4.33. The Bertz CT molecular complexity index is 602. The van der Waals surface area contributed by atoms with Crippen LogP contribution in [0.4, 0.5) is 4.79 Å². The van der Waals surface area contributed by atoms with Crippen LogP contribution >= 0.6 is 0 Å². The van der Waals surface area contributed by atoms with E-state index in [2.05, 4.69) is 38.2 Å². The lowest BCUT2D eigenvalue weighted by molar-refractivity contribution is -0.127. The number of amides is 3. The van der Waals surface area contributed by atoms with E-state index >= 15 is 0 Å². The molecule has 0 spiro atoms. The van der Waals surface area contributed by atoms with Crippen molar-refractivity contribution in [1.82, 2.24) is 10.2 Å². The molecule has 1 aliphatic rings. The summed E-state index contributed by atoms with van der Waals surface area (Å²) in [4.78, 5) is 25.5. The molecule has 0 radical (unpaired) electrons. The highest BCUT2D eigenvalue weighted by Crippen LogP contribution is 2.24. The summed E-state index contributed by atoms with van der Waals surface area (Å²) in [7, 11) is 0. The molecular weight excluding hydrogens is 316 g/mol. The predicted octanol–water partition coefficient (Wildman–Crippen LogP) is 3.72. The molecular formula is C20H30N2O3. The molecule has 1 saturated heterocycles. The molecule has 0 saturated carbocycles. The van der Waals surface area contributed by atoms with Crippen molar-refractivity contribution < 1.29 is 14.3 Å². The first-order chi connectivity index (χ1) is 11.7. The van der Waals surface area contributed by atoms with E-state index in [4.69, 9.17) is 4.74 Å². The van der Waals surface area contributed by atoms with Crippen molar-refractivity contribution in [2.75, 3.05) is 13.2 Å². The maximum absolute atomic E-state index is 12.2. The Morgan fingerprint density at radius 3 is 2.36 bits per heavy atom. The first-order valence-electron chi connectivity index (χ1n) is 9.03. The molecule has 2 rings (SSSR count). The lowest BCUT2D eigenvalue weighted by Crippen LogP contribution is -2.33. The third-order valence-corrected chi connectivity index (χ3v) is 4.33. The molecule has 1 atom stereocenters. The van der Waals surface area contributed by atoms with Crippen molar-refractivity contribution in [3.8, 4) is 5.75 Å². The molecule has 5 nitrogen and oxygen atoms in total. The van der Waals surface area contributed by atoms with Gasteiger partial charge in [0, 0.05) is 6.54 Å². The molecule has 1 aromatic carbocycles. The van der Waals surface area contributed by atoms with Gasteiger partial charge in [-0.25, -0.2) is 4.79 Å². The number of nitrogens with one attached hydrogen (secondary N) is 1. The number of ether oxygens (including phenoxy) is 1. The Kier molecular flexibility index (Phi) is 6.09. The van der Waals surface area contributed by atoms with Crippen molar-refractivity contribution in [2.45, 2.75) is 58.9 Å². The van der Waals surface area contributed by atoms with Crippen molar-refractivity contribution in [3.63, 3.8) is 0 Å². The highest BCUT2D eigenvalue weighted by Gasteiger charge is 2.37. The van der Waals surface area contributed by atoms with Crippen LogP contribution in [-0.2, 0) is 10.2 Å². The second-order valence-electron chi connectivity index (χ2n) is 8.10. The second kappa shape index (κ2) is 7.89. The normalized spacial score (nSPS) is 18.0. The van der Waals surface area contributed by atoms with Gasteiger partial charge < -0.3 is 10.1 Å². The maximum atomic E-state index is 12.2. The lowest BCUT2D eigenvalue weighted by Gasteiger charge is -2.19. The van der Waals surface area contributed by atoms with E-state index in [1.807, 2.05) is 26.0 Å². The number of rotatable bonds is 7. The SMILES string of the molecule is CC(C)CC1NC(=O)N(CCCOc2ccc(C(C)(C)C)cc2)C1=O. The van der Waals surface area contributed by atoms with Gasteiger partial charge in [-0.15, -0.1) is 0 Å². The maximum Gasteiger partial charge on any atom is 0.324 e. The smallest absolute Gasteiger partial charge is 0.324 e. The van der Waals surface area contributed by atoms with Gasteiger partial charge in [0.25, 0.3) is 5.91 Å². The number of hydrogen-bond acceptors (Lipinski definition) is 3. The highest BCUT2D eigenvalue weighted by molar-refractivity contribution is 6.04. The summed E-state index contributed by atoms with van der Waals surface area (Å²) in [6.45, 7) is 11.5. The van der Waals surface area contributed by atoms with Crippen molar-refractivity contribution in [1.29, 1.82) is 0 Å². The minimum absolute atomic E-state index is 0.117. The van der Waals surface area contributed by atoms with E-state index in [1.165, 1.54) is 10.5 Å². The van der Waals surface area contributed by atoms with Crippen LogP contribution in [0, 0.1) is 5.92 Å². The zero-order valence-electron chi connectivity index (χ0n) is 16.0. The van der Waals surface area contributed by atoms with Crippen LogP contribution in [0.2, 0.25) is 0 Å². The number of hydrogen-bond donors (Lipinski definition) is 1. The summed E-state index contributed by atoms with van der Waals surface area (Å²) < 4.78 is 5.73. The van der Waals surface area contributed by atoms with E-state index in [9.17, 15) is 9.59 Å². The molecule has 1 heterocycles. The molecule has 0 aromatic heterocycles. The molecule has 0 bridgehead atoms. The van der Waals surface area contributed by atoms with Crippen molar-refractivity contribution in [3.05, 3.63) is 29.8 Å². The summed E-state index contributed by atoms with van der Waals surface area (Å²) >= 11 is 0. The molecule has 5 heteroatoms. The number of benzene rings is 1. The van der Waals surface area contributed by atoms with Crippen LogP contribution in [0.5, 0.6) is 5.75 Å². The summed E-state index contributed by atoms with van der Waals surface area (Å²) in [5.41, 5.74) is 1.38. The Morgan fingerprint density at radius 2 is 1.80 bits per heavy atom. The van der Waals surface area contributed by atoms with Crippen LogP contribution in [0.1, 0.15) is 53.0 Å². The molecule has 1 aliphatic heterocycles. The zero-order valence-corrected chi connectivity index (χ0v) is 16.0. The van der Waals surface area contributed by atoms with Gasteiger partial charge in [-0.05, 0) is 41.9 Å². The summed E-state index contributed by atoms with van der Waals surface area (Å²) in [5, 5.41) is 2.76. The van der Waals surface area contributed by atoms with Gasteiger partial charge in [0.1, 0.15) is 11.8 Å². The molecule has 1 fully saturated rings. The first-order valence-corrected chi connectivity index (χ1v) is 9.03. The van der Waals surface area contributed by atoms with E-state index in [0.717, 1.165) is 5.75 Å². The number of carbonyl (C=O) groups is 2. The number of nitrogens with zero attached hydrogens (tertiary/aromatic N) is 1. The van der Waals surface area contributed by atoms with E-state index in [1.54, 1.807) is 0 Å². The Labute approximate surface area is 150 Å². The molecule has 25 heavy (non-hydrogen) atoms. The standard InChI is InChI=1S/C20H30N2O3/c1-14(2)13-17-18(23)22(19(24)21-17)11-6-12-25-16-9-7-15(8-10-16)20(3,4)5/h7-10,14,17H,6,11-13H2,1-5H3,(H,21,24). The summed E-state index contributed by atoms with van der Waals surface area (Å²) in [5.74, 6) is 1.06. The molecule has 0 aliphatic carbocycles. The number of imide groups is 1. The topological polar surface area (TPSA) is 58.6 Å². The van der Waals surface area contributed by atoms with Gasteiger partial charge in [-0.2, -0.15) is 0 Å².